The summed E-state index contributed by atoms with van der Waals surface area (Å²) in [5, 5.41) is 3.54. The van der Waals surface area contributed by atoms with E-state index in [1.165, 1.54) is 43.5 Å². The Morgan fingerprint density at radius 3 is 3.05 bits per heavy atom. The summed E-state index contributed by atoms with van der Waals surface area (Å²) in [5.74, 6) is 0. The average Bonchev–Trinajstić information content (AvgIpc) is 3.05. The van der Waals surface area contributed by atoms with E-state index in [2.05, 4.69) is 41.4 Å². The van der Waals surface area contributed by atoms with Crippen LogP contribution >= 0.6 is 0 Å². The fourth-order valence-electron chi connectivity index (χ4n) is 3.33. The van der Waals surface area contributed by atoms with E-state index >= 15 is 0 Å². The molecular formula is C17H26N2O. The molecule has 0 saturated carbocycles. The SMILES string of the molecule is CC1CCC(CNCCCN2CCc3ccccc32)O1. The summed E-state index contributed by atoms with van der Waals surface area (Å²) in [7, 11) is 0. The standard InChI is InChI=1S/C17H26N2O/c1-14-7-8-16(20-14)13-18-10-4-11-19-12-9-15-5-2-3-6-17(15)19/h2-3,5-6,14,16,18H,4,7-13H2,1H3. The zero-order valence-corrected chi connectivity index (χ0v) is 12.5. The van der Waals surface area contributed by atoms with Crippen LogP contribution in [0.4, 0.5) is 5.69 Å². The van der Waals surface area contributed by atoms with E-state index in [1.54, 1.807) is 0 Å². The van der Waals surface area contributed by atoms with Crippen LogP contribution < -0.4 is 10.2 Å². The van der Waals surface area contributed by atoms with Gasteiger partial charge in [0.25, 0.3) is 0 Å². The van der Waals surface area contributed by atoms with Gasteiger partial charge in [-0.25, -0.2) is 0 Å². The van der Waals surface area contributed by atoms with Gasteiger partial charge in [0.15, 0.2) is 0 Å². The first-order chi connectivity index (χ1) is 9.83. The maximum atomic E-state index is 5.81. The molecule has 0 aliphatic carbocycles. The molecule has 1 N–H and O–H groups in total. The monoisotopic (exact) mass is 274 g/mol. The van der Waals surface area contributed by atoms with Crippen LogP contribution in [-0.2, 0) is 11.2 Å². The van der Waals surface area contributed by atoms with Gasteiger partial charge in [-0.05, 0) is 50.8 Å². The minimum Gasteiger partial charge on any atom is -0.374 e. The van der Waals surface area contributed by atoms with E-state index in [0.717, 1.165) is 19.6 Å². The molecule has 2 aliphatic heterocycles. The van der Waals surface area contributed by atoms with E-state index in [0.29, 0.717) is 12.2 Å². The van der Waals surface area contributed by atoms with Gasteiger partial charge in [0.2, 0.25) is 0 Å². The molecule has 3 heteroatoms. The number of hydrogen-bond acceptors (Lipinski definition) is 3. The van der Waals surface area contributed by atoms with Gasteiger partial charge in [-0.2, -0.15) is 0 Å². The van der Waals surface area contributed by atoms with Crippen LogP contribution in [0.15, 0.2) is 24.3 Å². The van der Waals surface area contributed by atoms with E-state index in [9.17, 15) is 0 Å². The van der Waals surface area contributed by atoms with Crippen molar-refractivity contribution in [3.05, 3.63) is 29.8 Å². The third kappa shape index (κ3) is 3.33. The number of benzene rings is 1. The van der Waals surface area contributed by atoms with Gasteiger partial charge < -0.3 is 15.0 Å². The third-order valence-corrected chi connectivity index (χ3v) is 4.46. The minimum atomic E-state index is 0.442. The molecule has 1 saturated heterocycles. The van der Waals surface area contributed by atoms with Crippen molar-refractivity contribution in [1.82, 2.24) is 5.32 Å². The van der Waals surface area contributed by atoms with Gasteiger partial charge in [-0.3, -0.25) is 0 Å². The largest absolute Gasteiger partial charge is 0.374 e. The second-order valence-corrected chi connectivity index (χ2v) is 6.07. The average molecular weight is 274 g/mol. The molecule has 1 aromatic carbocycles. The van der Waals surface area contributed by atoms with Crippen molar-refractivity contribution in [2.45, 2.75) is 44.8 Å². The molecule has 0 bridgehead atoms. The Kier molecular flexibility index (Phi) is 4.58. The van der Waals surface area contributed by atoms with Gasteiger partial charge in [0, 0.05) is 25.3 Å². The Labute approximate surface area is 122 Å². The number of rotatable bonds is 6. The summed E-state index contributed by atoms with van der Waals surface area (Å²) >= 11 is 0. The molecule has 0 spiro atoms. The molecule has 0 aromatic heterocycles. The topological polar surface area (TPSA) is 24.5 Å². The lowest BCUT2D eigenvalue weighted by Gasteiger charge is -2.19. The Morgan fingerprint density at radius 2 is 2.20 bits per heavy atom. The van der Waals surface area contributed by atoms with Crippen LogP contribution in [0.1, 0.15) is 31.7 Å². The van der Waals surface area contributed by atoms with E-state index in [4.69, 9.17) is 4.74 Å². The molecule has 2 unspecified atom stereocenters. The Morgan fingerprint density at radius 1 is 1.30 bits per heavy atom. The maximum absolute atomic E-state index is 5.81. The highest BCUT2D eigenvalue weighted by molar-refractivity contribution is 5.57. The number of nitrogens with one attached hydrogen (secondary N) is 1. The normalized spacial score (nSPS) is 25.1. The zero-order chi connectivity index (χ0) is 13.8. The van der Waals surface area contributed by atoms with Crippen molar-refractivity contribution in [1.29, 1.82) is 0 Å². The van der Waals surface area contributed by atoms with Gasteiger partial charge >= 0.3 is 0 Å². The Hall–Kier alpha value is -1.06. The highest BCUT2D eigenvalue weighted by atomic mass is 16.5. The number of hydrogen-bond donors (Lipinski definition) is 1. The molecule has 2 atom stereocenters. The Bertz CT molecular complexity index is 435. The highest BCUT2D eigenvalue weighted by Crippen LogP contribution is 2.27. The second-order valence-electron chi connectivity index (χ2n) is 6.07. The van der Waals surface area contributed by atoms with Gasteiger partial charge in [-0.1, -0.05) is 18.2 Å². The number of anilines is 1. The number of nitrogens with zero attached hydrogens (tertiary/aromatic N) is 1. The highest BCUT2D eigenvalue weighted by Gasteiger charge is 2.21. The zero-order valence-electron chi connectivity index (χ0n) is 12.5. The molecule has 110 valence electrons. The molecule has 1 aromatic rings. The second kappa shape index (κ2) is 6.59. The lowest BCUT2D eigenvalue weighted by atomic mass is 10.2. The van der Waals surface area contributed by atoms with Crippen molar-refractivity contribution < 1.29 is 4.74 Å². The maximum Gasteiger partial charge on any atom is 0.0704 e. The van der Waals surface area contributed by atoms with Gasteiger partial charge in [0.05, 0.1) is 12.2 Å². The summed E-state index contributed by atoms with van der Waals surface area (Å²) in [6, 6.07) is 8.80. The van der Waals surface area contributed by atoms with Crippen molar-refractivity contribution in [3.63, 3.8) is 0 Å². The lowest BCUT2D eigenvalue weighted by Crippen LogP contribution is -2.30. The summed E-state index contributed by atoms with van der Waals surface area (Å²) in [4.78, 5) is 2.52. The first kappa shape index (κ1) is 13.9. The first-order valence-electron chi connectivity index (χ1n) is 8.02. The smallest absolute Gasteiger partial charge is 0.0704 e. The van der Waals surface area contributed by atoms with Crippen LogP contribution in [0.2, 0.25) is 0 Å². The lowest BCUT2D eigenvalue weighted by molar-refractivity contribution is 0.0561. The fourth-order valence-corrected chi connectivity index (χ4v) is 3.33. The van der Waals surface area contributed by atoms with Crippen molar-refractivity contribution in [2.75, 3.05) is 31.1 Å². The van der Waals surface area contributed by atoms with Gasteiger partial charge in [-0.15, -0.1) is 0 Å². The van der Waals surface area contributed by atoms with Crippen LogP contribution in [0.25, 0.3) is 0 Å². The molecule has 20 heavy (non-hydrogen) atoms. The van der Waals surface area contributed by atoms with Crippen molar-refractivity contribution in [3.8, 4) is 0 Å². The molecular weight excluding hydrogens is 248 g/mol. The molecule has 0 amide bonds. The number of fused-ring (bicyclic) bond motifs is 1. The molecule has 2 heterocycles. The predicted octanol–water partition coefficient (Wildman–Crippen LogP) is 2.60. The van der Waals surface area contributed by atoms with Crippen LogP contribution in [0.3, 0.4) is 0 Å². The summed E-state index contributed by atoms with van der Waals surface area (Å²) in [6.45, 7) is 6.62. The van der Waals surface area contributed by atoms with Crippen molar-refractivity contribution >= 4 is 5.69 Å². The van der Waals surface area contributed by atoms with Crippen LogP contribution in [0.5, 0.6) is 0 Å². The quantitative estimate of drug-likeness (QED) is 0.807. The Balaban J connectivity index is 1.33. The minimum absolute atomic E-state index is 0.442. The molecule has 0 radical (unpaired) electrons. The summed E-state index contributed by atoms with van der Waals surface area (Å²) < 4.78 is 5.81. The molecule has 1 fully saturated rings. The number of para-hydroxylation sites is 1. The van der Waals surface area contributed by atoms with E-state index < -0.39 is 0 Å². The van der Waals surface area contributed by atoms with Crippen molar-refractivity contribution in [2.24, 2.45) is 0 Å². The summed E-state index contributed by atoms with van der Waals surface area (Å²) in [6.07, 6.45) is 5.75. The fraction of sp³-hybridized carbons (Fsp3) is 0.647. The third-order valence-electron chi connectivity index (χ3n) is 4.46. The van der Waals surface area contributed by atoms with E-state index in [1.807, 2.05) is 0 Å². The first-order valence-corrected chi connectivity index (χ1v) is 8.02. The molecule has 3 rings (SSSR count). The van der Waals surface area contributed by atoms with Crippen LogP contribution in [-0.4, -0.2) is 38.4 Å². The van der Waals surface area contributed by atoms with E-state index in [-0.39, 0.29) is 0 Å². The molecule has 3 nitrogen and oxygen atoms in total. The summed E-state index contributed by atoms with van der Waals surface area (Å²) in [5.41, 5.74) is 2.95. The molecule has 2 aliphatic rings. The predicted molar refractivity (Wildman–Crippen MR) is 83.4 cm³/mol. The van der Waals surface area contributed by atoms with Gasteiger partial charge in [0.1, 0.15) is 0 Å². The number of ether oxygens (including phenoxy) is 1. The van der Waals surface area contributed by atoms with Crippen LogP contribution in [0, 0.1) is 0 Å².